The lowest BCUT2D eigenvalue weighted by atomic mass is 10.1. The van der Waals surface area contributed by atoms with E-state index in [1.807, 2.05) is 24.3 Å². The Bertz CT molecular complexity index is 1420. The van der Waals surface area contributed by atoms with E-state index >= 15 is 0 Å². The second-order valence-corrected chi connectivity index (χ2v) is 10.1. The molecule has 0 aliphatic rings. The van der Waals surface area contributed by atoms with Crippen molar-refractivity contribution in [2.75, 3.05) is 25.4 Å². The second-order valence-electron chi connectivity index (χ2n) is 7.74. The zero-order chi connectivity index (χ0) is 24.3. The fourth-order valence-electron chi connectivity index (χ4n) is 3.23. The molecular formula is C23H23ClN6O3S. The van der Waals surface area contributed by atoms with Gasteiger partial charge in [-0.15, -0.1) is 0 Å². The van der Waals surface area contributed by atoms with Gasteiger partial charge in [-0.2, -0.15) is 12.7 Å². The number of rotatable bonds is 8. The van der Waals surface area contributed by atoms with Crippen LogP contribution in [-0.2, 0) is 16.6 Å². The Labute approximate surface area is 202 Å². The normalized spacial score (nSPS) is 11.6. The van der Waals surface area contributed by atoms with Crippen molar-refractivity contribution in [1.82, 2.24) is 24.6 Å². The van der Waals surface area contributed by atoms with E-state index in [4.69, 9.17) is 11.6 Å². The van der Waals surface area contributed by atoms with Gasteiger partial charge in [0.15, 0.2) is 5.65 Å². The van der Waals surface area contributed by atoms with Gasteiger partial charge in [-0.25, -0.2) is 9.97 Å². The minimum absolute atomic E-state index is 0.253. The number of H-pyrrole nitrogens is 1. The lowest BCUT2D eigenvalue weighted by molar-refractivity contribution is 0.0955. The first-order valence-corrected chi connectivity index (χ1v) is 12.2. The highest BCUT2D eigenvalue weighted by atomic mass is 35.5. The Morgan fingerprint density at radius 1 is 1.06 bits per heavy atom. The first-order chi connectivity index (χ1) is 16.2. The lowest BCUT2D eigenvalue weighted by Crippen LogP contribution is -2.28. The minimum Gasteiger partial charge on any atom is -0.352 e. The van der Waals surface area contributed by atoms with Crippen LogP contribution in [-0.4, -0.2) is 54.2 Å². The van der Waals surface area contributed by atoms with Crippen molar-refractivity contribution in [3.05, 3.63) is 76.9 Å². The van der Waals surface area contributed by atoms with Crippen molar-refractivity contribution in [3.63, 3.8) is 0 Å². The van der Waals surface area contributed by atoms with Gasteiger partial charge in [0, 0.05) is 43.1 Å². The molecule has 4 rings (SSSR count). The maximum absolute atomic E-state index is 12.8. The molecule has 0 saturated heterocycles. The molecular weight excluding hydrogens is 476 g/mol. The number of anilines is 1. The summed E-state index contributed by atoms with van der Waals surface area (Å²) in [5.74, 6) is 0.348. The number of aromatic nitrogens is 3. The van der Waals surface area contributed by atoms with Crippen molar-refractivity contribution >= 4 is 44.6 Å². The Kier molecular flexibility index (Phi) is 6.82. The number of hydrogen-bond donors (Lipinski definition) is 3. The van der Waals surface area contributed by atoms with Crippen LogP contribution in [0, 0.1) is 0 Å². The highest BCUT2D eigenvalue weighted by Crippen LogP contribution is 2.23. The third kappa shape index (κ3) is 5.36. The SMILES string of the molecule is CN(C)S(=O)(=O)Nc1ccc(CCNC(=O)c2ccnc3[nH]c(-c4ccc(Cl)cc4)nc23)cc1. The number of amides is 1. The molecule has 0 fully saturated rings. The van der Waals surface area contributed by atoms with E-state index in [0.29, 0.717) is 46.2 Å². The number of hydrogen-bond acceptors (Lipinski definition) is 5. The minimum atomic E-state index is -3.55. The van der Waals surface area contributed by atoms with Gasteiger partial charge >= 0.3 is 10.2 Å². The van der Waals surface area contributed by atoms with Gasteiger partial charge in [0.05, 0.1) is 5.56 Å². The first kappa shape index (κ1) is 23.7. The number of imidazole rings is 1. The van der Waals surface area contributed by atoms with E-state index in [1.54, 1.807) is 36.5 Å². The van der Waals surface area contributed by atoms with Crippen LogP contribution in [0.2, 0.25) is 5.02 Å². The average Bonchev–Trinajstić information content (AvgIpc) is 3.24. The van der Waals surface area contributed by atoms with Gasteiger partial charge in [0.2, 0.25) is 0 Å². The van der Waals surface area contributed by atoms with Crippen molar-refractivity contribution in [2.45, 2.75) is 6.42 Å². The summed E-state index contributed by atoms with van der Waals surface area (Å²) in [5.41, 5.74) is 3.70. The largest absolute Gasteiger partial charge is 0.352 e. The number of benzene rings is 2. The predicted molar refractivity (Wildman–Crippen MR) is 133 cm³/mol. The van der Waals surface area contributed by atoms with Gasteiger partial charge in [0.1, 0.15) is 11.3 Å². The third-order valence-corrected chi connectivity index (χ3v) is 6.83. The number of nitrogens with zero attached hydrogens (tertiary/aromatic N) is 3. The third-order valence-electron chi connectivity index (χ3n) is 5.13. The van der Waals surface area contributed by atoms with E-state index in [9.17, 15) is 13.2 Å². The standard InChI is InChI=1S/C23H23ClN6O3S/c1-30(2)34(32,33)29-18-9-3-15(4-10-18)11-13-26-23(31)19-12-14-25-22-20(19)27-21(28-22)16-5-7-17(24)8-6-16/h3-10,12,14,29H,11,13H2,1-2H3,(H,26,31)(H,25,27,28). The summed E-state index contributed by atoms with van der Waals surface area (Å²) in [6, 6.07) is 15.9. The van der Waals surface area contributed by atoms with Crippen LogP contribution in [0.3, 0.4) is 0 Å². The molecule has 34 heavy (non-hydrogen) atoms. The maximum Gasteiger partial charge on any atom is 0.301 e. The molecule has 0 atom stereocenters. The van der Waals surface area contributed by atoms with Gasteiger partial charge in [-0.3, -0.25) is 9.52 Å². The zero-order valence-corrected chi connectivity index (χ0v) is 20.1. The Morgan fingerprint density at radius 3 is 2.44 bits per heavy atom. The molecule has 0 radical (unpaired) electrons. The number of halogens is 1. The van der Waals surface area contributed by atoms with Crippen LogP contribution in [0.4, 0.5) is 5.69 Å². The summed E-state index contributed by atoms with van der Waals surface area (Å²) in [6.07, 6.45) is 2.14. The molecule has 0 bridgehead atoms. The number of carbonyl (C=O) groups is 1. The second kappa shape index (κ2) is 9.80. The summed E-state index contributed by atoms with van der Waals surface area (Å²) < 4.78 is 27.4. The number of pyridine rings is 1. The van der Waals surface area contributed by atoms with E-state index in [1.165, 1.54) is 14.1 Å². The Balaban J connectivity index is 1.40. The van der Waals surface area contributed by atoms with Crippen molar-refractivity contribution in [2.24, 2.45) is 0 Å². The molecule has 0 saturated carbocycles. The molecule has 2 heterocycles. The Hall–Kier alpha value is -3.47. The quantitative estimate of drug-likeness (QED) is 0.343. The smallest absolute Gasteiger partial charge is 0.301 e. The number of aromatic amines is 1. The lowest BCUT2D eigenvalue weighted by Gasteiger charge is -2.13. The maximum atomic E-state index is 12.8. The molecule has 0 unspecified atom stereocenters. The first-order valence-electron chi connectivity index (χ1n) is 10.4. The monoisotopic (exact) mass is 498 g/mol. The van der Waals surface area contributed by atoms with Crippen LogP contribution in [0.15, 0.2) is 60.8 Å². The molecule has 9 nitrogen and oxygen atoms in total. The molecule has 0 aliphatic carbocycles. The number of fused-ring (bicyclic) bond motifs is 1. The van der Waals surface area contributed by atoms with Crippen molar-refractivity contribution in [1.29, 1.82) is 0 Å². The molecule has 11 heteroatoms. The highest BCUT2D eigenvalue weighted by molar-refractivity contribution is 7.90. The number of nitrogens with one attached hydrogen (secondary N) is 3. The van der Waals surface area contributed by atoms with Gasteiger partial charge in [0.25, 0.3) is 5.91 Å². The average molecular weight is 499 g/mol. The molecule has 1 amide bonds. The Morgan fingerprint density at radius 2 is 1.76 bits per heavy atom. The van der Waals surface area contributed by atoms with Crippen molar-refractivity contribution in [3.8, 4) is 11.4 Å². The summed E-state index contributed by atoms with van der Waals surface area (Å²) in [7, 11) is -0.641. The van der Waals surface area contributed by atoms with Crippen LogP contribution in [0.1, 0.15) is 15.9 Å². The summed E-state index contributed by atoms with van der Waals surface area (Å²) in [4.78, 5) is 24.8. The molecule has 2 aromatic heterocycles. The van der Waals surface area contributed by atoms with E-state index in [2.05, 4.69) is 25.0 Å². The fourth-order valence-corrected chi connectivity index (χ4v) is 3.98. The van der Waals surface area contributed by atoms with E-state index in [-0.39, 0.29) is 5.91 Å². The molecule has 0 aliphatic heterocycles. The van der Waals surface area contributed by atoms with Gasteiger partial charge in [-0.05, 0) is 54.4 Å². The predicted octanol–water partition coefficient (Wildman–Crippen LogP) is 3.47. The highest BCUT2D eigenvalue weighted by Gasteiger charge is 2.16. The molecule has 0 spiro atoms. The summed E-state index contributed by atoms with van der Waals surface area (Å²) in [5, 5.41) is 3.54. The fraction of sp³-hybridized carbons (Fsp3) is 0.174. The molecule has 176 valence electrons. The number of carbonyl (C=O) groups excluding carboxylic acids is 1. The zero-order valence-electron chi connectivity index (χ0n) is 18.5. The van der Waals surface area contributed by atoms with E-state index < -0.39 is 10.2 Å². The van der Waals surface area contributed by atoms with Crippen LogP contribution in [0.25, 0.3) is 22.6 Å². The molecule has 3 N–H and O–H groups in total. The van der Waals surface area contributed by atoms with Crippen LogP contribution < -0.4 is 10.0 Å². The summed E-state index contributed by atoms with van der Waals surface area (Å²) >= 11 is 5.96. The van der Waals surface area contributed by atoms with Gasteiger partial charge < -0.3 is 10.3 Å². The van der Waals surface area contributed by atoms with Crippen LogP contribution >= 0.6 is 11.6 Å². The van der Waals surface area contributed by atoms with E-state index in [0.717, 1.165) is 15.4 Å². The van der Waals surface area contributed by atoms with Gasteiger partial charge in [-0.1, -0.05) is 23.7 Å². The van der Waals surface area contributed by atoms with Crippen molar-refractivity contribution < 1.29 is 13.2 Å². The summed E-state index contributed by atoms with van der Waals surface area (Å²) in [6.45, 7) is 0.403. The molecule has 4 aromatic rings. The van der Waals surface area contributed by atoms with Crippen LogP contribution in [0.5, 0.6) is 0 Å². The molecule has 2 aromatic carbocycles. The topological polar surface area (TPSA) is 120 Å².